The van der Waals surface area contributed by atoms with Crippen LogP contribution >= 0.6 is 0 Å². The van der Waals surface area contributed by atoms with Crippen molar-refractivity contribution in [3.05, 3.63) is 0 Å². The number of ether oxygens (including phenoxy) is 1. The van der Waals surface area contributed by atoms with Gasteiger partial charge in [0, 0.05) is 30.8 Å². The van der Waals surface area contributed by atoms with E-state index in [2.05, 4.69) is 6.92 Å². The van der Waals surface area contributed by atoms with Gasteiger partial charge in [-0.25, -0.2) is 0 Å². The first kappa shape index (κ1) is 14.5. The fourth-order valence-corrected chi connectivity index (χ4v) is 2.79. The Kier molecular flexibility index (Phi) is 4.55. The zero-order valence-corrected chi connectivity index (χ0v) is 11.6. The van der Waals surface area contributed by atoms with E-state index < -0.39 is 0 Å². The normalized spacial score (nSPS) is 39.1. The predicted molar refractivity (Wildman–Crippen MR) is 65.7 cm³/mol. The summed E-state index contributed by atoms with van der Waals surface area (Å²) in [6.07, 6.45) is 2.31. The van der Waals surface area contributed by atoms with Crippen LogP contribution in [0.5, 0.6) is 0 Å². The Morgan fingerprint density at radius 2 is 2.12 bits per heavy atom. The molecule has 4 unspecified atom stereocenters. The van der Waals surface area contributed by atoms with E-state index in [0.717, 1.165) is 12.8 Å². The van der Waals surface area contributed by atoms with Crippen LogP contribution in [-0.4, -0.2) is 33.9 Å². The van der Waals surface area contributed by atoms with Crippen LogP contribution in [0, 0.1) is 5.92 Å². The Balaban J connectivity index is 2.93. The summed E-state index contributed by atoms with van der Waals surface area (Å²) in [7, 11) is 0. The molecule has 0 spiro atoms. The molecular weight excluding hydrogens is 218 g/mol. The summed E-state index contributed by atoms with van der Waals surface area (Å²) in [6.45, 7) is 9.64. The highest BCUT2D eigenvalue weighted by molar-refractivity contribution is 5.66. The highest BCUT2D eigenvalue weighted by atomic mass is 16.5. The number of hydrogen-bond donors (Lipinski definition) is 1. The fraction of sp³-hybridized carbons (Fsp3) is 0.923. The van der Waals surface area contributed by atoms with Gasteiger partial charge < -0.3 is 9.94 Å². The molecule has 1 N–H and O–H groups in total. The molecule has 0 aromatic rings. The topological polar surface area (TPSA) is 49.8 Å². The van der Waals surface area contributed by atoms with E-state index in [9.17, 15) is 10.0 Å². The van der Waals surface area contributed by atoms with Gasteiger partial charge in [-0.1, -0.05) is 20.8 Å². The lowest BCUT2D eigenvalue weighted by Gasteiger charge is -2.52. The summed E-state index contributed by atoms with van der Waals surface area (Å²) in [5, 5.41) is 11.8. The summed E-state index contributed by atoms with van der Waals surface area (Å²) in [5.41, 5.74) is -0.320. The summed E-state index contributed by atoms with van der Waals surface area (Å²) in [6, 6.07) is 0.0699. The molecule has 0 amide bonds. The van der Waals surface area contributed by atoms with Crippen LogP contribution in [0.25, 0.3) is 0 Å². The molecule has 0 aromatic heterocycles. The van der Waals surface area contributed by atoms with Crippen molar-refractivity contribution in [2.24, 2.45) is 5.92 Å². The fourth-order valence-electron chi connectivity index (χ4n) is 2.79. The van der Waals surface area contributed by atoms with Crippen molar-refractivity contribution >= 4 is 5.97 Å². The largest absolute Gasteiger partial charge is 0.462 e. The molecule has 0 aliphatic carbocycles. The van der Waals surface area contributed by atoms with Crippen molar-refractivity contribution in [1.82, 2.24) is 5.06 Å². The van der Waals surface area contributed by atoms with Crippen LogP contribution in [0.1, 0.15) is 53.9 Å². The average molecular weight is 243 g/mol. The zero-order valence-electron chi connectivity index (χ0n) is 11.6. The predicted octanol–water partition coefficient (Wildman–Crippen LogP) is 2.60. The molecule has 0 aromatic carbocycles. The van der Waals surface area contributed by atoms with Crippen molar-refractivity contribution in [3.63, 3.8) is 0 Å². The van der Waals surface area contributed by atoms with Crippen LogP contribution in [-0.2, 0) is 9.53 Å². The average Bonchev–Trinajstić information content (AvgIpc) is 2.29. The number of esters is 1. The van der Waals surface area contributed by atoms with E-state index in [-0.39, 0.29) is 29.6 Å². The van der Waals surface area contributed by atoms with Crippen molar-refractivity contribution in [1.29, 1.82) is 0 Å². The van der Waals surface area contributed by atoms with E-state index in [1.165, 1.54) is 12.0 Å². The van der Waals surface area contributed by atoms with Crippen LogP contribution < -0.4 is 0 Å². The first-order valence-electron chi connectivity index (χ1n) is 6.52. The van der Waals surface area contributed by atoms with Gasteiger partial charge in [-0.05, 0) is 19.8 Å². The number of carbonyl (C=O) groups is 1. The van der Waals surface area contributed by atoms with E-state index in [4.69, 9.17) is 4.74 Å². The lowest BCUT2D eigenvalue weighted by atomic mass is 9.74. The lowest BCUT2D eigenvalue weighted by Crippen LogP contribution is -2.61. The molecule has 4 heteroatoms. The van der Waals surface area contributed by atoms with E-state index in [1.54, 1.807) is 0 Å². The van der Waals surface area contributed by atoms with E-state index in [1.807, 2.05) is 20.8 Å². The van der Waals surface area contributed by atoms with Crippen LogP contribution in [0.15, 0.2) is 0 Å². The third kappa shape index (κ3) is 2.63. The Hall–Kier alpha value is -0.610. The number of rotatable bonds is 3. The second-order valence-electron chi connectivity index (χ2n) is 5.29. The second-order valence-corrected chi connectivity index (χ2v) is 5.29. The molecule has 4 nitrogen and oxygen atoms in total. The SMILES string of the molecule is CCC1CC(OC(C)=O)C(C)C(C)(CC)N1O. The minimum Gasteiger partial charge on any atom is -0.462 e. The second kappa shape index (κ2) is 5.36. The molecule has 1 aliphatic heterocycles. The standard InChI is InChI=1S/C13H25NO3/c1-6-11-8-12(17-10(4)15)9(3)13(5,7-2)14(11)16/h9,11-12,16H,6-8H2,1-5H3. The molecule has 0 radical (unpaired) electrons. The third-order valence-electron chi connectivity index (χ3n) is 4.42. The van der Waals surface area contributed by atoms with Gasteiger partial charge in [0.15, 0.2) is 0 Å². The van der Waals surface area contributed by atoms with Gasteiger partial charge in [0.1, 0.15) is 6.10 Å². The maximum Gasteiger partial charge on any atom is 0.302 e. The van der Waals surface area contributed by atoms with Gasteiger partial charge in [-0.15, -0.1) is 0 Å². The number of nitrogens with zero attached hydrogens (tertiary/aromatic N) is 1. The van der Waals surface area contributed by atoms with E-state index in [0.29, 0.717) is 6.42 Å². The molecule has 0 bridgehead atoms. The quantitative estimate of drug-likeness (QED) is 0.774. The van der Waals surface area contributed by atoms with Crippen molar-refractivity contribution in [3.8, 4) is 0 Å². The Morgan fingerprint density at radius 1 is 1.53 bits per heavy atom. The lowest BCUT2D eigenvalue weighted by molar-refractivity contribution is -0.257. The van der Waals surface area contributed by atoms with Crippen LogP contribution in [0.4, 0.5) is 0 Å². The first-order valence-corrected chi connectivity index (χ1v) is 6.52. The first-order chi connectivity index (χ1) is 7.86. The molecule has 1 heterocycles. The van der Waals surface area contributed by atoms with Gasteiger partial charge in [0.2, 0.25) is 0 Å². The van der Waals surface area contributed by atoms with Gasteiger partial charge in [-0.3, -0.25) is 4.79 Å². The highest BCUT2D eigenvalue weighted by Gasteiger charge is 2.48. The van der Waals surface area contributed by atoms with Crippen molar-refractivity contribution < 1.29 is 14.7 Å². The third-order valence-corrected chi connectivity index (χ3v) is 4.42. The minimum absolute atomic E-state index is 0.0699. The van der Waals surface area contributed by atoms with Crippen molar-refractivity contribution in [2.75, 3.05) is 0 Å². The molecule has 1 saturated heterocycles. The molecular formula is C13H25NO3. The Labute approximate surface area is 104 Å². The smallest absolute Gasteiger partial charge is 0.302 e. The molecule has 1 fully saturated rings. The van der Waals surface area contributed by atoms with Gasteiger partial charge >= 0.3 is 5.97 Å². The summed E-state index contributed by atoms with van der Waals surface area (Å²) >= 11 is 0. The maximum atomic E-state index is 11.1. The molecule has 100 valence electrons. The number of hydroxylamine groups is 2. The van der Waals surface area contributed by atoms with Gasteiger partial charge in [-0.2, -0.15) is 5.06 Å². The molecule has 0 saturated carbocycles. The Morgan fingerprint density at radius 3 is 2.53 bits per heavy atom. The highest BCUT2D eigenvalue weighted by Crippen LogP contribution is 2.40. The molecule has 1 aliphatic rings. The molecule has 17 heavy (non-hydrogen) atoms. The zero-order chi connectivity index (χ0) is 13.2. The number of carbonyl (C=O) groups excluding carboxylic acids is 1. The maximum absolute atomic E-state index is 11.1. The summed E-state index contributed by atoms with van der Waals surface area (Å²) < 4.78 is 5.40. The van der Waals surface area contributed by atoms with Gasteiger partial charge in [0.05, 0.1) is 0 Å². The van der Waals surface area contributed by atoms with Crippen LogP contribution in [0.3, 0.4) is 0 Å². The summed E-state index contributed by atoms with van der Waals surface area (Å²) in [5.74, 6) is -0.106. The molecule has 1 rings (SSSR count). The summed E-state index contributed by atoms with van der Waals surface area (Å²) in [4.78, 5) is 11.1. The van der Waals surface area contributed by atoms with Gasteiger partial charge in [0.25, 0.3) is 0 Å². The Bertz CT molecular complexity index is 282. The van der Waals surface area contributed by atoms with Crippen molar-refractivity contribution in [2.45, 2.75) is 71.6 Å². The number of piperidine rings is 1. The molecule has 4 atom stereocenters. The van der Waals surface area contributed by atoms with Crippen LogP contribution in [0.2, 0.25) is 0 Å². The monoisotopic (exact) mass is 243 g/mol. The minimum atomic E-state index is -0.320. The number of hydrogen-bond acceptors (Lipinski definition) is 4. The van der Waals surface area contributed by atoms with E-state index >= 15 is 0 Å².